The fourth-order valence-electron chi connectivity index (χ4n) is 1.71. The van der Waals surface area contributed by atoms with Gasteiger partial charge in [0.05, 0.1) is 17.9 Å². The molecule has 0 saturated heterocycles. The van der Waals surface area contributed by atoms with Crippen molar-refractivity contribution in [3.63, 3.8) is 0 Å². The van der Waals surface area contributed by atoms with E-state index < -0.39 is 0 Å². The number of ether oxygens (including phenoxy) is 1. The molecular weight excluding hydrogens is 294 g/mol. The van der Waals surface area contributed by atoms with E-state index in [2.05, 4.69) is 50.3 Å². The topological polar surface area (TPSA) is 49.9 Å². The van der Waals surface area contributed by atoms with Gasteiger partial charge in [0.25, 0.3) is 0 Å². The minimum absolute atomic E-state index is 0.260. The van der Waals surface area contributed by atoms with E-state index in [1.807, 2.05) is 12.3 Å². The molecule has 0 aliphatic heterocycles. The van der Waals surface area contributed by atoms with Crippen LogP contribution in [0.2, 0.25) is 0 Å². The average molecular weight is 310 g/mol. The van der Waals surface area contributed by atoms with E-state index in [4.69, 9.17) is 4.74 Å². The summed E-state index contributed by atoms with van der Waals surface area (Å²) in [5.41, 5.74) is 2.29. The summed E-state index contributed by atoms with van der Waals surface area (Å²) in [7, 11) is 1.67. The molecule has 96 valence electrons. The molecule has 0 amide bonds. The van der Waals surface area contributed by atoms with E-state index in [1.54, 1.807) is 13.4 Å². The van der Waals surface area contributed by atoms with Gasteiger partial charge < -0.3 is 15.0 Å². The summed E-state index contributed by atoms with van der Waals surface area (Å²) in [6.45, 7) is 2.90. The van der Waals surface area contributed by atoms with Crippen molar-refractivity contribution in [3.05, 3.63) is 46.5 Å². The summed E-state index contributed by atoms with van der Waals surface area (Å²) in [5, 5.41) is 3.43. The number of nitrogens with one attached hydrogen (secondary N) is 2. The zero-order valence-corrected chi connectivity index (χ0v) is 12.0. The van der Waals surface area contributed by atoms with Crippen LogP contribution in [0.1, 0.15) is 24.2 Å². The van der Waals surface area contributed by atoms with E-state index in [1.165, 1.54) is 5.56 Å². The van der Waals surface area contributed by atoms with Gasteiger partial charge >= 0.3 is 0 Å². The fraction of sp³-hybridized carbons (Fsp3) is 0.308. The Kier molecular flexibility index (Phi) is 4.38. The molecule has 1 aromatic carbocycles. The van der Waals surface area contributed by atoms with Crippen molar-refractivity contribution >= 4 is 15.9 Å². The van der Waals surface area contributed by atoms with Crippen molar-refractivity contribution in [1.82, 2.24) is 15.3 Å². The van der Waals surface area contributed by atoms with Crippen LogP contribution in [0.3, 0.4) is 0 Å². The fourth-order valence-corrected chi connectivity index (χ4v) is 2.27. The Morgan fingerprint density at radius 1 is 1.50 bits per heavy atom. The van der Waals surface area contributed by atoms with Gasteiger partial charge in [-0.05, 0) is 40.5 Å². The van der Waals surface area contributed by atoms with Crippen molar-refractivity contribution in [1.29, 1.82) is 0 Å². The lowest BCUT2D eigenvalue weighted by molar-refractivity contribution is 0.411. The maximum Gasteiger partial charge on any atom is 0.133 e. The molecule has 2 rings (SSSR count). The number of halogens is 1. The van der Waals surface area contributed by atoms with E-state index in [9.17, 15) is 0 Å². The van der Waals surface area contributed by atoms with Crippen LogP contribution in [0.5, 0.6) is 5.75 Å². The van der Waals surface area contributed by atoms with Crippen LogP contribution in [-0.4, -0.2) is 17.1 Å². The minimum Gasteiger partial charge on any atom is -0.496 e. The van der Waals surface area contributed by atoms with E-state index >= 15 is 0 Å². The van der Waals surface area contributed by atoms with Gasteiger partial charge in [-0.1, -0.05) is 6.07 Å². The van der Waals surface area contributed by atoms with E-state index in [0.717, 1.165) is 22.5 Å². The number of H-pyrrole nitrogens is 1. The van der Waals surface area contributed by atoms with Crippen molar-refractivity contribution in [2.45, 2.75) is 19.5 Å². The van der Waals surface area contributed by atoms with Gasteiger partial charge in [-0.25, -0.2) is 4.98 Å². The van der Waals surface area contributed by atoms with E-state index in [0.29, 0.717) is 0 Å². The Morgan fingerprint density at radius 2 is 2.33 bits per heavy atom. The van der Waals surface area contributed by atoms with Crippen LogP contribution >= 0.6 is 15.9 Å². The second kappa shape index (κ2) is 6.02. The highest BCUT2D eigenvalue weighted by Gasteiger charge is 2.08. The second-order valence-corrected chi connectivity index (χ2v) is 4.93. The Balaban J connectivity index is 2.00. The molecule has 1 atom stereocenters. The molecule has 18 heavy (non-hydrogen) atoms. The second-order valence-electron chi connectivity index (χ2n) is 4.07. The smallest absolute Gasteiger partial charge is 0.133 e. The maximum absolute atomic E-state index is 5.22. The summed E-state index contributed by atoms with van der Waals surface area (Å²) in [6.07, 6.45) is 3.51. The number of aromatic nitrogens is 2. The van der Waals surface area contributed by atoms with Crippen molar-refractivity contribution in [2.75, 3.05) is 7.11 Å². The minimum atomic E-state index is 0.260. The molecule has 0 radical (unpaired) electrons. The van der Waals surface area contributed by atoms with Crippen LogP contribution in [0, 0.1) is 0 Å². The first kappa shape index (κ1) is 13.1. The molecule has 1 heterocycles. The van der Waals surface area contributed by atoms with Crippen LogP contribution < -0.4 is 10.1 Å². The van der Waals surface area contributed by atoms with Gasteiger partial charge in [-0.2, -0.15) is 0 Å². The predicted octanol–water partition coefficient (Wildman–Crippen LogP) is 3.03. The lowest BCUT2D eigenvalue weighted by atomic mass is 10.1. The molecule has 4 nitrogen and oxygen atoms in total. The van der Waals surface area contributed by atoms with Crippen LogP contribution in [0.25, 0.3) is 0 Å². The normalized spacial score (nSPS) is 12.4. The maximum atomic E-state index is 5.22. The van der Waals surface area contributed by atoms with Crippen LogP contribution in [0.4, 0.5) is 0 Å². The van der Waals surface area contributed by atoms with Crippen molar-refractivity contribution in [2.24, 2.45) is 0 Å². The number of benzene rings is 1. The number of imidazole rings is 1. The number of hydrogen-bond acceptors (Lipinski definition) is 3. The van der Waals surface area contributed by atoms with Crippen molar-refractivity contribution in [3.8, 4) is 5.75 Å². The molecule has 0 bridgehead atoms. The summed E-state index contributed by atoms with van der Waals surface area (Å²) in [5.74, 6) is 0.847. The molecular formula is C13H16BrN3O. The highest BCUT2D eigenvalue weighted by Crippen LogP contribution is 2.27. The van der Waals surface area contributed by atoms with Crippen LogP contribution in [-0.2, 0) is 6.54 Å². The highest BCUT2D eigenvalue weighted by molar-refractivity contribution is 9.10. The lowest BCUT2D eigenvalue weighted by Crippen LogP contribution is -2.18. The first-order valence-electron chi connectivity index (χ1n) is 5.74. The number of hydrogen-bond donors (Lipinski definition) is 2. The third kappa shape index (κ3) is 3.11. The Bertz CT molecular complexity index is 499. The quantitative estimate of drug-likeness (QED) is 0.892. The number of rotatable bonds is 5. The van der Waals surface area contributed by atoms with Gasteiger partial charge in [0.2, 0.25) is 0 Å². The van der Waals surface area contributed by atoms with Gasteiger partial charge in [0.15, 0.2) is 0 Å². The summed E-state index contributed by atoms with van der Waals surface area (Å²) in [6, 6.07) is 6.36. The molecule has 5 heteroatoms. The molecule has 2 aromatic rings. The first-order valence-corrected chi connectivity index (χ1v) is 6.54. The zero-order valence-electron chi connectivity index (χ0n) is 10.4. The Morgan fingerprint density at radius 3 is 2.94 bits per heavy atom. The highest BCUT2D eigenvalue weighted by atomic mass is 79.9. The standard InChI is InChI=1S/C13H16BrN3O/c1-9(16-7-11-6-15-8-17-11)10-3-4-13(18-2)12(14)5-10/h3-6,8-9,16H,7H2,1-2H3,(H,15,17). The molecule has 0 fully saturated rings. The summed E-state index contributed by atoms with van der Waals surface area (Å²) < 4.78 is 6.19. The molecule has 1 aromatic heterocycles. The van der Waals surface area contributed by atoms with Crippen LogP contribution in [0.15, 0.2) is 35.2 Å². The van der Waals surface area contributed by atoms with E-state index in [-0.39, 0.29) is 6.04 Å². The molecule has 2 N–H and O–H groups in total. The predicted molar refractivity (Wildman–Crippen MR) is 74.5 cm³/mol. The lowest BCUT2D eigenvalue weighted by Gasteiger charge is -2.15. The van der Waals surface area contributed by atoms with Gasteiger partial charge in [-0.15, -0.1) is 0 Å². The third-order valence-corrected chi connectivity index (χ3v) is 3.45. The average Bonchev–Trinajstić information content (AvgIpc) is 2.89. The Labute approximate surface area is 115 Å². The van der Waals surface area contributed by atoms with Gasteiger partial charge in [0, 0.05) is 24.5 Å². The largest absolute Gasteiger partial charge is 0.496 e. The molecule has 0 spiro atoms. The van der Waals surface area contributed by atoms with Gasteiger partial charge in [-0.3, -0.25) is 0 Å². The molecule has 0 aliphatic carbocycles. The first-order chi connectivity index (χ1) is 8.70. The van der Waals surface area contributed by atoms with Crippen molar-refractivity contribution < 1.29 is 4.74 Å². The van der Waals surface area contributed by atoms with Gasteiger partial charge in [0.1, 0.15) is 5.75 Å². The zero-order chi connectivity index (χ0) is 13.0. The summed E-state index contributed by atoms with van der Waals surface area (Å²) in [4.78, 5) is 7.06. The molecule has 0 aliphatic rings. The number of aromatic amines is 1. The molecule has 0 saturated carbocycles. The number of nitrogens with zero attached hydrogens (tertiary/aromatic N) is 1. The molecule has 1 unspecified atom stereocenters. The monoisotopic (exact) mass is 309 g/mol. The Hall–Kier alpha value is -1.33. The summed E-state index contributed by atoms with van der Waals surface area (Å²) >= 11 is 3.50. The SMILES string of the molecule is COc1ccc(C(C)NCc2cnc[nH]2)cc1Br. The number of methoxy groups -OCH3 is 1. The third-order valence-electron chi connectivity index (χ3n) is 2.83.